The third-order valence-corrected chi connectivity index (χ3v) is 2.77. The topological polar surface area (TPSA) is 93.1 Å². The van der Waals surface area contributed by atoms with Crippen LogP contribution in [0.1, 0.15) is 12.8 Å². The van der Waals surface area contributed by atoms with Crippen LogP contribution in [0.2, 0.25) is 0 Å². The van der Waals surface area contributed by atoms with Gasteiger partial charge in [0, 0.05) is 6.42 Å². The standard InChI is InChI=1S/C12H17N5O3/c1-16(2)5-3-4-10(18)20-8-17-11-9(6-15-17)12(19)14-7-13-11/h6-7H,3-5,8H2,1-2H3,(H,13,14,19). The molecule has 2 aromatic heterocycles. The van der Waals surface area contributed by atoms with Crippen molar-refractivity contribution in [1.29, 1.82) is 0 Å². The fourth-order valence-electron chi connectivity index (χ4n) is 1.74. The quantitative estimate of drug-likeness (QED) is 0.746. The first-order chi connectivity index (χ1) is 9.58. The third-order valence-electron chi connectivity index (χ3n) is 2.77. The summed E-state index contributed by atoms with van der Waals surface area (Å²) >= 11 is 0. The van der Waals surface area contributed by atoms with Crippen LogP contribution in [0.5, 0.6) is 0 Å². The molecular weight excluding hydrogens is 262 g/mol. The monoisotopic (exact) mass is 279 g/mol. The van der Waals surface area contributed by atoms with Crippen molar-refractivity contribution in [1.82, 2.24) is 24.6 Å². The molecule has 0 aliphatic carbocycles. The average Bonchev–Trinajstić information content (AvgIpc) is 2.80. The Morgan fingerprint density at radius 2 is 2.30 bits per heavy atom. The van der Waals surface area contributed by atoms with Gasteiger partial charge in [-0.05, 0) is 27.1 Å². The second-order valence-corrected chi connectivity index (χ2v) is 4.67. The van der Waals surface area contributed by atoms with Crippen LogP contribution in [0.25, 0.3) is 11.0 Å². The van der Waals surface area contributed by atoms with Gasteiger partial charge in [-0.1, -0.05) is 0 Å². The van der Waals surface area contributed by atoms with E-state index < -0.39 is 0 Å². The van der Waals surface area contributed by atoms with E-state index in [1.807, 2.05) is 19.0 Å². The molecule has 0 spiro atoms. The molecule has 1 N–H and O–H groups in total. The molecule has 8 heteroatoms. The normalized spacial score (nSPS) is 11.2. The van der Waals surface area contributed by atoms with Gasteiger partial charge in [0.05, 0.1) is 12.5 Å². The zero-order valence-electron chi connectivity index (χ0n) is 11.5. The van der Waals surface area contributed by atoms with Gasteiger partial charge in [-0.2, -0.15) is 5.10 Å². The molecule has 20 heavy (non-hydrogen) atoms. The SMILES string of the molecule is CN(C)CCCC(=O)OCn1ncc2c(=O)[nH]cnc21. The van der Waals surface area contributed by atoms with E-state index >= 15 is 0 Å². The van der Waals surface area contributed by atoms with Gasteiger partial charge < -0.3 is 14.6 Å². The molecule has 108 valence electrons. The minimum atomic E-state index is -0.291. The molecule has 0 aliphatic heterocycles. The maximum absolute atomic E-state index is 11.6. The lowest BCUT2D eigenvalue weighted by molar-refractivity contribution is -0.147. The minimum absolute atomic E-state index is 0.0409. The van der Waals surface area contributed by atoms with Crippen molar-refractivity contribution in [3.05, 3.63) is 22.9 Å². The molecule has 8 nitrogen and oxygen atoms in total. The lowest BCUT2D eigenvalue weighted by atomic mass is 10.3. The molecule has 0 unspecified atom stereocenters. The molecule has 2 rings (SSSR count). The van der Waals surface area contributed by atoms with Crippen molar-refractivity contribution < 1.29 is 9.53 Å². The van der Waals surface area contributed by atoms with E-state index in [4.69, 9.17) is 4.74 Å². The molecular formula is C12H17N5O3. The van der Waals surface area contributed by atoms with Gasteiger partial charge in [-0.3, -0.25) is 9.59 Å². The molecule has 0 bridgehead atoms. The number of fused-ring (bicyclic) bond motifs is 1. The highest BCUT2D eigenvalue weighted by Gasteiger charge is 2.09. The summed E-state index contributed by atoms with van der Waals surface area (Å²) in [6.45, 7) is 0.789. The third kappa shape index (κ3) is 3.41. The number of carbonyl (C=O) groups is 1. The van der Waals surface area contributed by atoms with E-state index in [2.05, 4.69) is 15.1 Å². The molecule has 0 atom stereocenters. The highest BCUT2D eigenvalue weighted by molar-refractivity contribution is 5.73. The Kier molecular flexibility index (Phi) is 4.46. The van der Waals surface area contributed by atoms with Crippen molar-refractivity contribution in [2.24, 2.45) is 0 Å². The number of aromatic nitrogens is 4. The Morgan fingerprint density at radius 3 is 3.05 bits per heavy atom. The number of hydrogen-bond donors (Lipinski definition) is 1. The number of nitrogens with one attached hydrogen (secondary N) is 1. The maximum atomic E-state index is 11.6. The first-order valence-corrected chi connectivity index (χ1v) is 6.27. The van der Waals surface area contributed by atoms with Gasteiger partial charge in [-0.15, -0.1) is 0 Å². The van der Waals surface area contributed by atoms with Crippen LogP contribution < -0.4 is 5.56 Å². The van der Waals surface area contributed by atoms with Crippen LogP contribution in [-0.2, 0) is 16.3 Å². The Labute approximate surface area is 115 Å². The van der Waals surface area contributed by atoms with Crippen molar-refractivity contribution >= 4 is 17.0 Å². The summed E-state index contributed by atoms with van der Waals surface area (Å²) in [6, 6.07) is 0. The predicted octanol–water partition coefficient (Wildman–Crippen LogP) is -0.0379. The minimum Gasteiger partial charge on any atom is -0.442 e. The number of aromatic amines is 1. The smallest absolute Gasteiger partial charge is 0.307 e. The number of H-pyrrole nitrogens is 1. The Morgan fingerprint density at radius 1 is 1.50 bits per heavy atom. The molecule has 0 aliphatic rings. The summed E-state index contributed by atoms with van der Waals surface area (Å²) in [7, 11) is 3.90. The average molecular weight is 279 g/mol. The summed E-state index contributed by atoms with van der Waals surface area (Å²) in [5.74, 6) is -0.291. The van der Waals surface area contributed by atoms with Gasteiger partial charge in [0.25, 0.3) is 5.56 Å². The first kappa shape index (κ1) is 14.2. The lowest BCUT2D eigenvalue weighted by Crippen LogP contribution is -2.16. The maximum Gasteiger partial charge on any atom is 0.307 e. The highest BCUT2D eigenvalue weighted by atomic mass is 16.5. The number of rotatable bonds is 6. The van der Waals surface area contributed by atoms with E-state index in [0.29, 0.717) is 17.5 Å². The Bertz CT molecular complexity index is 646. The van der Waals surface area contributed by atoms with Crippen molar-refractivity contribution in [2.75, 3.05) is 20.6 Å². The predicted molar refractivity (Wildman–Crippen MR) is 72.0 cm³/mol. The molecule has 0 amide bonds. The summed E-state index contributed by atoms with van der Waals surface area (Å²) in [5, 5.41) is 4.36. The zero-order chi connectivity index (χ0) is 14.5. The Balaban J connectivity index is 1.91. The van der Waals surface area contributed by atoms with Crippen LogP contribution in [-0.4, -0.2) is 51.3 Å². The van der Waals surface area contributed by atoms with Gasteiger partial charge in [-0.25, -0.2) is 9.67 Å². The molecule has 0 fully saturated rings. The van der Waals surface area contributed by atoms with Crippen LogP contribution in [0, 0.1) is 0 Å². The van der Waals surface area contributed by atoms with Crippen LogP contribution in [0.3, 0.4) is 0 Å². The van der Waals surface area contributed by atoms with Gasteiger partial charge in [0.1, 0.15) is 5.39 Å². The largest absolute Gasteiger partial charge is 0.442 e. The first-order valence-electron chi connectivity index (χ1n) is 6.27. The van der Waals surface area contributed by atoms with E-state index in [-0.39, 0.29) is 18.3 Å². The van der Waals surface area contributed by atoms with Crippen molar-refractivity contribution in [3.8, 4) is 0 Å². The van der Waals surface area contributed by atoms with E-state index in [9.17, 15) is 9.59 Å². The summed E-state index contributed by atoms with van der Waals surface area (Å²) in [6.07, 6.45) is 3.79. The second kappa shape index (κ2) is 6.29. The number of carbonyl (C=O) groups excluding carboxylic acids is 1. The molecule has 0 radical (unpaired) electrons. The number of ether oxygens (including phenoxy) is 1. The fraction of sp³-hybridized carbons (Fsp3) is 0.500. The van der Waals surface area contributed by atoms with Crippen LogP contribution >= 0.6 is 0 Å². The Hall–Kier alpha value is -2.22. The number of hydrogen-bond acceptors (Lipinski definition) is 6. The van der Waals surface area contributed by atoms with E-state index in [0.717, 1.165) is 13.0 Å². The van der Waals surface area contributed by atoms with Crippen LogP contribution in [0.4, 0.5) is 0 Å². The summed E-state index contributed by atoms with van der Waals surface area (Å²) in [4.78, 5) is 31.5. The van der Waals surface area contributed by atoms with Gasteiger partial charge >= 0.3 is 5.97 Å². The van der Waals surface area contributed by atoms with E-state index in [1.54, 1.807) is 0 Å². The van der Waals surface area contributed by atoms with Gasteiger partial charge in [0.2, 0.25) is 0 Å². The number of nitrogens with zero attached hydrogens (tertiary/aromatic N) is 4. The lowest BCUT2D eigenvalue weighted by Gasteiger charge is -2.09. The zero-order valence-corrected chi connectivity index (χ0v) is 11.5. The van der Waals surface area contributed by atoms with Crippen LogP contribution in [0.15, 0.2) is 17.3 Å². The second-order valence-electron chi connectivity index (χ2n) is 4.67. The van der Waals surface area contributed by atoms with E-state index in [1.165, 1.54) is 17.2 Å². The molecule has 2 heterocycles. The summed E-state index contributed by atoms with van der Waals surface area (Å²) < 4.78 is 6.49. The summed E-state index contributed by atoms with van der Waals surface area (Å²) in [5.41, 5.74) is 0.133. The van der Waals surface area contributed by atoms with Crippen molar-refractivity contribution in [3.63, 3.8) is 0 Å². The molecule has 2 aromatic rings. The molecule has 0 aromatic carbocycles. The molecule has 0 saturated heterocycles. The van der Waals surface area contributed by atoms with Gasteiger partial charge in [0.15, 0.2) is 12.4 Å². The molecule has 0 saturated carbocycles. The van der Waals surface area contributed by atoms with Crippen molar-refractivity contribution in [2.45, 2.75) is 19.6 Å². The number of esters is 1. The highest BCUT2D eigenvalue weighted by Crippen LogP contribution is 2.05. The fourth-order valence-corrected chi connectivity index (χ4v) is 1.74.